The second-order valence-corrected chi connectivity index (χ2v) is 8.22. The number of amides is 1. The summed E-state index contributed by atoms with van der Waals surface area (Å²) in [6.07, 6.45) is -0.100. The standard InChI is InChI=1S/C22H24BrF2NO3/c1-4-5-14-10-16(23)20(17(11-14)28-3)19-13(2)22(26-21(19)27)8-6-15(7-9-22)29-12-18(24)25/h10-11,15,18H,6-9,12H2,1-3H3,(H,26,27). The van der Waals surface area contributed by atoms with E-state index >= 15 is 0 Å². The monoisotopic (exact) mass is 467 g/mol. The van der Waals surface area contributed by atoms with Gasteiger partial charge in [0.25, 0.3) is 12.3 Å². The lowest BCUT2D eigenvalue weighted by atomic mass is 9.76. The molecule has 29 heavy (non-hydrogen) atoms. The Hall–Kier alpha value is -1.91. The van der Waals surface area contributed by atoms with Crippen LogP contribution in [-0.4, -0.2) is 37.7 Å². The van der Waals surface area contributed by atoms with Crippen molar-refractivity contribution in [2.45, 2.75) is 57.6 Å². The third kappa shape index (κ3) is 4.34. The van der Waals surface area contributed by atoms with Crippen molar-refractivity contribution in [3.63, 3.8) is 0 Å². The van der Waals surface area contributed by atoms with Crippen LogP contribution in [0.1, 0.15) is 50.7 Å². The molecule has 1 saturated carbocycles. The van der Waals surface area contributed by atoms with Crippen molar-refractivity contribution in [2.24, 2.45) is 0 Å². The molecule has 1 aromatic carbocycles. The predicted molar refractivity (Wildman–Crippen MR) is 111 cm³/mol. The molecule has 1 fully saturated rings. The molecule has 0 radical (unpaired) electrons. The van der Waals surface area contributed by atoms with E-state index in [4.69, 9.17) is 9.47 Å². The van der Waals surface area contributed by atoms with E-state index in [-0.39, 0.29) is 12.0 Å². The number of nitrogens with one attached hydrogen (secondary N) is 1. The highest BCUT2D eigenvalue weighted by molar-refractivity contribution is 9.10. The Kier molecular flexibility index (Phi) is 6.65. The number of hydrogen-bond acceptors (Lipinski definition) is 3. The number of methoxy groups -OCH3 is 1. The van der Waals surface area contributed by atoms with Crippen LogP contribution in [0.15, 0.2) is 22.2 Å². The van der Waals surface area contributed by atoms with Crippen molar-refractivity contribution in [1.29, 1.82) is 0 Å². The number of rotatable bonds is 5. The fourth-order valence-electron chi connectivity index (χ4n) is 4.25. The Morgan fingerprint density at radius 1 is 1.34 bits per heavy atom. The van der Waals surface area contributed by atoms with E-state index in [1.54, 1.807) is 14.0 Å². The smallest absolute Gasteiger partial charge is 0.261 e. The third-order valence-corrected chi connectivity index (χ3v) is 6.34. The van der Waals surface area contributed by atoms with Crippen LogP contribution < -0.4 is 10.1 Å². The summed E-state index contributed by atoms with van der Waals surface area (Å²) < 4.78 is 36.4. The number of carbonyl (C=O) groups is 1. The van der Waals surface area contributed by atoms with Crippen LogP contribution in [0.4, 0.5) is 8.78 Å². The normalized spacial score (nSPS) is 24.0. The van der Waals surface area contributed by atoms with Crippen molar-refractivity contribution >= 4 is 27.4 Å². The highest BCUT2D eigenvalue weighted by Crippen LogP contribution is 2.46. The number of benzene rings is 1. The van der Waals surface area contributed by atoms with Gasteiger partial charge in [0.15, 0.2) is 0 Å². The number of hydrogen-bond donors (Lipinski definition) is 1. The van der Waals surface area contributed by atoms with E-state index in [1.165, 1.54) is 0 Å². The van der Waals surface area contributed by atoms with E-state index in [9.17, 15) is 13.6 Å². The zero-order valence-corrected chi connectivity index (χ0v) is 18.3. The molecule has 1 aliphatic carbocycles. The summed E-state index contributed by atoms with van der Waals surface area (Å²) in [6.45, 7) is 3.18. The van der Waals surface area contributed by atoms with Crippen molar-refractivity contribution in [3.05, 3.63) is 33.3 Å². The predicted octanol–water partition coefficient (Wildman–Crippen LogP) is 4.70. The summed E-state index contributed by atoms with van der Waals surface area (Å²) in [5.41, 5.74) is 2.57. The average molecular weight is 468 g/mol. The first-order chi connectivity index (χ1) is 13.8. The second kappa shape index (κ2) is 8.85. The molecule has 0 aromatic heterocycles. The molecule has 0 atom stereocenters. The minimum absolute atomic E-state index is 0.150. The molecule has 0 saturated heterocycles. The Labute approximate surface area is 178 Å². The number of carbonyl (C=O) groups excluding carboxylic acids is 1. The zero-order chi connectivity index (χ0) is 21.2. The third-order valence-electron chi connectivity index (χ3n) is 5.71. The molecule has 7 heteroatoms. The van der Waals surface area contributed by atoms with Gasteiger partial charge < -0.3 is 14.8 Å². The van der Waals surface area contributed by atoms with Gasteiger partial charge in [0.1, 0.15) is 12.4 Å². The second-order valence-electron chi connectivity index (χ2n) is 7.37. The van der Waals surface area contributed by atoms with Gasteiger partial charge in [0, 0.05) is 15.6 Å². The molecule has 4 nitrogen and oxygen atoms in total. The van der Waals surface area contributed by atoms with Gasteiger partial charge in [-0.2, -0.15) is 0 Å². The molecule has 2 aliphatic rings. The molecule has 1 N–H and O–H groups in total. The van der Waals surface area contributed by atoms with Crippen LogP contribution in [0.25, 0.3) is 5.57 Å². The first-order valence-corrected chi connectivity index (χ1v) is 10.3. The lowest BCUT2D eigenvalue weighted by molar-refractivity contribution is -0.116. The summed E-state index contributed by atoms with van der Waals surface area (Å²) in [6, 6.07) is 3.70. The summed E-state index contributed by atoms with van der Waals surface area (Å²) in [5, 5.41) is 3.15. The number of alkyl halides is 2. The Morgan fingerprint density at radius 3 is 2.62 bits per heavy atom. The minimum Gasteiger partial charge on any atom is -0.496 e. The maximum Gasteiger partial charge on any atom is 0.261 e. The lowest BCUT2D eigenvalue weighted by Gasteiger charge is -2.38. The van der Waals surface area contributed by atoms with Crippen molar-refractivity contribution in [2.75, 3.05) is 13.7 Å². The van der Waals surface area contributed by atoms with Crippen LogP contribution in [-0.2, 0) is 9.53 Å². The summed E-state index contributed by atoms with van der Waals surface area (Å²) in [4.78, 5) is 13.0. The summed E-state index contributed by atoms with van der Waals surface area (Å²) in [5.74, 6) is 6.29. The molecule has 1 spiro atoms. The van der Waals surface area contributed by atoms with E-state index in [0.717, 1.165) is 15.6 Å². The Bertz CT molecular complexity index is 893. The Balaban J connectivity index is 1.92. The zero-order valence-electron chi connectivity index (χ0n) is 16.7. The highest BCUT2D eigenvalue weighted by atomic mass is 79.9. The van der Waals surface area contributed by atoms with Gasteiger partial charge in [-0.15, -0.1) is 5.92 Å². The van der Waals surface area contributed by atoms with Gasteiger partial charge in [-0.1, -0.05) is 5.92 Å². The molecular formula is C22H24BrF2NO3. The van der Waals surface area contributed by atoms with Gasteiger partial charge in [-0.25, -0.2) is 8.78 Å². The first kappa shape index (κ1) is 21.8. The maximum atomic E-state index is 13.0. The van der Waals surface area contributed by atoms with Crippen molar-refractivity contribution in [1.82, 2.24) is 5.32 Å². The fourth-order valence-corrected chi connectivity index (χ4v) is 4.89. The highest BCUT2D eigenvalue weighted by Gasteiger charge is 2.46. The molecule has 1 aliphatic heterocycles. The molecule has 1 heterocycles. The van der Waals surface area contributed by atoms with E-state index in [2.05, 4.69) is 33.1 Å². The van der Waals surface area contributed by atoms with Crippen molar-refractivity contribution in [3.8, 4) is 17.6 Å². The fraction of sp³-hybridized carbons (Fsp3) is 0.500. The van der Waals surface area contributed by atoms with E-state index < -0.39 is 18.6 Å². The topological polar surface area (TPSA) is 47.6 Å². The van der Waals surface area contributed by atoms with Crippen LogP contribution in [0.3, 0.4) is 0 Å². The van der Waals surface area contributed by atoms with E-state index in [0.29, 0.717) is 42.6 Å². The lowest BCUT2D eigenvalue weighted by Crippen LogP contribution is -2.48. The van der Waals surface area contributed by atoms with Crippen LogP contribution >= 0.6 is 15.9 Å². The van der Waals surface area contributed by atoms with Crippen LogP contribution in [0.5, 0.6) is 5.75 Å². The molecule has 156 valence electrons. The van der Waals surface area contributed by atoms with E-state index in [1.807, 2.05) is 19.1 Å². The molecule has 1 aromatic rings. The quantitative estimate of drug-likeness (QED) is 0.638. The average Bonchev–Trinajstić information content (AvgIpc) is 2.91. The molecule has 3 rings (SSSR count). The molecule has 1 amide bonds. The SMILES string of the molecule is CC#Cc1cc(Br)c(C2=C(C)C3(CCC(OCC(F)F)CC3)NC2=O)c(OC)c1. The van der Waals surface area contributed by atoms with Gasteiger partial charge in [0.05, 0.1) is 24.3 Å². The number of ether oxygens (including phenoxy) is 2. The summed E-state index contributed by atoms with van der Waals surface area (Å²) >= 11 is 3.58. The van der Waals surface area contributed by atoms with Gasteiger partial charge >= 0.3 is 0 Å². The summed E-state index contributed by atoms with van der Waals surface area (Å²) in [7, 11) is 1.57. The first-order valence-electron chi connectivity index (χ1n) is 9.55. The van der Waals surface area contributed by atoms with Gasteiger partial charge in [-0.3, -0.25) is 4.79 Å². The van der Waals surface area contributed by atoms with Gasteiger partial charge in [0.2, 0.25) is 0 Å². The van der Waals surface area contributed by atoms with Crippen LogP contribution in [0, 0.1) is 11.8 Å². The molecule has 0 bridgehead atoms. The van der Waals surface area contributed by atoms with Crippen molar-refractivity contribution < 1.29 is 23.0 Å². The Morgan fingerprint density at radius 2 is 2.03 bits per heavy atom. The van der Waals surface area contributed by atoms with Gasteiger partial charge in [-0.05, 0) is 73.2 Å². The largest absolute Gasteiger partial charge is 0.496 e. The molecule has 0 unspecified atom stereocenters. The van der Waals surface area contributed by atoms with Crippen LogP contribution in [0.2, 0.25) is 0 Å². The minimum atomic E-state index is -2.46. The number of halogens is 3. The molecular weight excluding hydrogens is 444 g/mol. The maximum absolute atomic E-state index is 13.0.